The van der Waals surface area contributed by atoms with Gasteiger partial charge in [-0.05, 0) is 43.3 Å². The molecule has 3 rings (SSSR count). The highest BCUT2D eigenvalue weighted by molar-refractivity contribution is 6.33. The van der Waals surface area contributed by atoms with Gasteiger partial charge in [-0.1, -0.05) is 28.9 Å². The number of hydrogen-bond acceptors (Lipinski definition) is 6. The average molecular weight is 400 g/mol. The number of carbonyl (C=O) groups is 2. The monoisotopic (exact) mass is 399 g/mol. The van der Waals surface area contributed by atoms with Crippen molar-refractivity contribution in [3.63, 3.8) is 0 Å². The van der Waals surface area contributed by atoms with Crippen molar-refractivity contribution < 1.29 is 18.8 Å². The maximum atomic E-state index is 12.1. The smallest absolute Gasteiger partial charge is 0.338 e. The van der Waals surface area contributed by atoms with Crippen molar-refractivity contribution in [1.82, 2.24) is 10.1 Å². The summed E-state index contributed by atoms with van der Waals surface area (Å²) in [5.41, 5.74) is 1.68. The highest BCUT2D eigenvalue weighted by atomic mass is 35.5. The molecule has 1 aromatic heterocycles. The van der Waals surface area contributed by atoms with Crippen molar-refractivity contribution in [2.24, 2.45) is 0 Å². The Kier molecular flexibility index (Phi) is 6.39. The number of amides is 1. The van der Waals surface area contributed by atoms with E-state index in [1.807, 2.05) is 12.1 Å². The lowest BCUT2D eigenvalue weighted by Crippen LogP contribution is -2.12. The number of benzene rings is 2. The molecule has 0 atom stereocenters. The minimum atomic E-state index is -0.397. The molecule has 0 radical (unpaired) electrons. The molecule has 1 heterocycles. The second-order valence-electron chi connectivity index (χ2n) is 5.84. The molecule has 1 amide bonds. The second kappa shape index (κ2) is 9.14. The molecule has 0 unspecified atom stereocenters. The van der Waals surface area contributed by atoms with Crippen molar-refractivity contribution in [1.29, 1.82) is 0 Å². The molecule has 8 heteroatoms. The third-order valence-corrected chi connectivity index (χ3v) is 4.16. The molecular weight excluding hydrogens is 382 g/mol. The van der Waals surface area contributed by atoms with Gasteiger partial charge in [0.15, 0.2) is 0 Å². The van der Waals surface area contributed by atoms with Crippen molar-refractivity contribution in [2.45, 2.75) is 19.8 Å². The topological polar surface area (TPSA) is 94.3 Å². The molecule has 0 bridgehead atoms. The summed E-state index contributed by atoms with van der Waals surface area (Å²) in [7, 11) is 0. The summed E-state index contributed by atoms with van der Waals surface area (Å²) in [5, 5.41) is 7.19. The van der Waals surface area contributed by atoms with Gasteiger partial charge in [0.05, 0.1) is 17.2 Å². The van der Waals surface area contributed by atoms with E-state index < -0.39 is 5.97 Å². The van der Waals surface area contributed by atoms with Crippen LogP contribution in [0.5, 0.6) is 0 Å². The van der Waals surface area contributed by atoms with Crippen LogP contribution >= 0.6 is 11.6 Å². The van der Waals surface area contributed by atoms with Gasteiger partial charge in [0.1, 0.15) is 0 Å². The summed E-state index contributed by atoms with van der Waals surface area (Å²) in [6, 6.07) is 13.7. The zero-order valence-corrected chi connectivity index (χ0v) is 15.9. The molecular formula is C20H18ClN3O4. The fourth-order valence-corrected chi connectivity index (χ4v) is 2.68. The SMILES string of the molecule is CCOC(=O)c1ccc(NC(=O)CCc2nc(-c3ccccc3Cl)no2)cc1. The van der Waals surface area contributed by atoms with E-state index in [-0.39, 0.29) is 12.3 Å². The largest absolute Gasteiger partial charge is 0.462 e. The second-order valence-corrected chi connectivity index (χ2v) is 6.24. The molecule has 0 fully saturated rings. The van der Waals surface area contributed by atoms with Crippen LogP contribution in [0.2, 0.25) is 5.02 Å². The van der Waals surface area contributed by atoms with Gasteiger partial charge in [0.2, 0.25) is 17.6 Å². The summed E-state index contributed by atoms with van der Waals surface area (Å²) in [5.74, 6) is 0.130. The first-order chi connectivity index (χ1) is 13.6. The summed E-state index contributed by atoms with van der Waals surface area (Å²) in [6.45, 7) is 2.05. The molecule has 1 N–H and O–H groups in total. The molecule has 2 aromatic carbocycles. The van der Waals surface area contributed by atoms with Crippen LogP contribution in [0.15, 0.2) is 53.1 Å². The van der Waals surface area contributed by atoms with Gasteiger partial charge in [0, 0.05) is 24.1 Å². The van der Waals surface area contributed by atoms with Crippen LogP contribution in [-0.4, -0.2) is 28.6 Å². The number of ether oxygens (including phenoxy) is 1. The third kappa shape index (κ3) is 4.95. The Morgan fingerprint density at radius 3 is 2.61 bits per heavy atom. The van der Waals surface area contributed by atoms with Crippen LogP contribution in [0.3, 0.4) is 0 Å². The van der Waals surface area contributed by atoms with Crippen LogP contribution in [0.1, 0.15) is 29.6 Å². The number of halogens is 1. The lowest BCUT2D eigenvalue weighted by Gasteiger charge is -2.06. The minimum absolute atomic E-state index is 0.170. The fraction of sp³-hybridized carbons (Fsp3) is 0.200. The summed E-state index contributed by atoms with van der Waals surface area (Å²) < 4.78 is 10.1. The Morgan fingerprint density at radius 1 is 1.14 bits per heavy atom. The molecule has 0 aliphatic carbocycles. The average Bonchev–Trinajstić information content (AvgIpc) is 3.16. The van der Waals surface area contributed by atoms with Gasteiger partial charge in [-0.15, -0.1) is 0 Å². The van der Waals surface area contributed by atoms with Crippen molar-refractivity contribution in [3.05, 3.63) is 65.0 Å². The summed E-state index contributed by atoms with van der Waals surface area (Å²) >= 11 is 6.12. The summed E-state index contributed by atoms with van der Waals surface area (Å²) in [6.07, 6.45) is 0.466. The van der Waals surface area contributed by atoms with E-state index in [1.165, 1.54) is 0 Å². The number of nitrogens with zero attached hydrogens (tertiary/aromatic N) is 2. The molecule has 3 aromatic rings. The van der Waals surface area contributed by atoms with E-state index in [0.29, 0.717) is 46.6 Å². The lowest BCUT2D eigenvalue weighted by atomic mass is 10.2. The highest BCUT2D eigenvalue weighted by Crippen LogP contribution is 2.25. The summed E-state index contributed by atoms with van der Waals surface area (Å²) in [4.78, 5) is 28.0. The van der Waals surface area contributed by atoms with Crippen molar-refractivity contribution >= 4 is 29.2 Å². The molecule has 0 aliphatic rings. The quantitative estimate of drug-likeness (QED) is 0.600. The lowest BCUT2D eigenvalue weighted by molar-refractivity contribution is -0.116. The predicted molar refractivity (Wildman–Crippen MR) is 104 cm³/mol. The molecule has 0 aliphatic heterocycles. The third-order valence-electron chi connectivity index (χ3n) is 3.83. The first-order valence-electron chi connectivity index (χ1n) is 8.71. The van der Waals surface area contributed by atoms with E-state index in [4.69, 9.17) is 20.9 Å². The van der Waals surface area contributed by atoms with Gasteiger partial charge in [0.25, 0.3) is 0 Å². The van der Waals surface area contributed by atoms with Gasteiger partial charge >= 0.3 is 5.97 Å². The molecule has 0 saturated heterocycles. The molecule has 0 spiro atoms. The number of esters is 1. The number of anilines is 1. The van der Waals surface area contributed by atoms with Crippen LogP contribution < -0.4 is 5.32 Å². The standard InChI is InChI=1S/C20H18ClN3O4/c1-2-27-20(26)13-7-9-14(10-8-13)22-17(25)11-12-18-23-19(24-28-18)15-5-3-4-6-16(15)21/h3-10H,2,11-12H2,1H3,(H,22,25). The first kappa shape index (κ1) is 19.6. The maximum Gasteiger partial charge on any atom is 0.338 e. The van der Waals surface area contributed by atoms with E-state index in [1.54, 1.807) is 43.3 Å². The van der Waals surface area contributed by atoms with Gasteiger partial charge in [-0.2, -0.15) is 4.98 Å². The van der Waals surface area contributed by atoms with Crippen LogP contribution in [0.4, 0.5) is 5.69 Å². The van der Waals surface area contributed by atoms with E-state index in [2.05, 4.69) is 15.5 Å². The van der Waals surface area contributed by atoms with E-state index >= 15 is 0 Å². The number of aromatic nitrogens is 2. The Balaban J connectivity index is 1.54. The number of nitrogens with one attached hydrogen (secondary N) is 1. The number of carbonyl (C=O) groups excluding carboxylic acids is 2. The Labute approximate surface area is 166 Å². The minimum Gasteiger partial charge on any atom is -0.462 e. The number of rotatable bonds is 7. The predicted octanol–water partition coefficient (Wildman–Crippen LogP) is 4.14. The maximum absolute atomic E-state index is 12.1. The van der Waals surface area contributed by atoms with Crippen LogP contribution in [0, 0.1) is 0 Å². The normalized spacial score (nSPS) is 10.5. The fourth-order valence-electron chi connectivity index (χ4n) is 2.46. The molecule has 7 nitrogen and oxygen atoms in total. The van der Waals surface area contributed by atoms with E-state index in [0.717, 1.165) is 0 Å². The molecule has 144 valence electrons. The van der Waals surface area contributed by atoms with Crippen LogP contribution in [-0.2, 0) is 16.0 Å². The highest BCUT2D eigenvalue weighted by Gasteiger charge is 2.13. The zero-order valence-electron chi connectivity index (χ0n) is 15.1. The number of aryl methyl sites for hydroxylation is 1. The zero-order chi connectivity index (χ0) is 19.9. The van der Waals surface area contributed by atoms with Crippen molar-refractivity contribution in [2.75, 3.05) is 11.9 Å². The Bertz CT molecular complexity index is 970. The van der Waals surface area contributed by atoms with E-state index in [9.17, 15) is 9.59 Å². The first-order valence-corrected chi connectivity index (χ1v) is 9.09. The van der Waals surface area contributed by atoms with Gasteiger partial charge in [-0.3, -0.25) is 4.79 Å². The Morgan fingerprint density at radius 2 is 1.89 bits per heavy atom. The molecule has 28 heavy (non-hydrogen) atoms. The van der Waals surface area contributed by atoms with Crippen LogP contribution in [0.25, 0.3) is 11.4 Å². The Hall–Kier alpha value is -3.19. The number of hydrogen-bond donors (Lipinski definition) is 1. The van der Waals surface area contributed by atoms with Gasteiger partial charge in [-0.25, -0.2) is 4.79 Å². The molecule has 0 saturated carbocycles. The van der Waals surface area contributed by atoms with Crippen molar-refractivity contribution in [3.8, 4) is 11.4 Å². The van der Waals surface area contributed by atoms with Gasteiger partial charge < -0.3 is 14.6 Å².